The van der Waals surface area contributed by atoms with E-state index in [2.05, 4.69) is 25.3 Å². The average Bonchev–Trinajstić information content (AvgIpc) is 3.77. The van der Waals surface area contributed by atoms with E-state index in [4.69, 9.17) is 4.52 Å². The Balaban J connectivity index is 1.55. The van der Waals surface area contributed by atoms with E-state index >= 15 is 0 Å². The summed E-state index contributed by atoms with van der Waals surface area (Å²) < 4.78 is 10.7. The molecule has 2 N–H and O–H groups in total. The van der Waals surface area contributed by atoms with Crippen LogP contribution >= 0.6 is 0 Å². The number of nitrogens with zero attached hydrogens (tertiary/aromatic N) is 7. The van der Waals surface area contributed by atoms with Crippen molar-refractivity contribution in [1.29, 1.82) is 0 Å². The van der Waals surface area contributed by atoms with Crippen LogP contribution in [0, 0.1) is 6.92 Å². The molecule has 0 spiro atoms. The second kappa shape index (κ2) is 9.14. The maximum atomic E-state index is 13.9. The highest BCUT2D eigenvalue weighted by molar-refractivity contribution is 6.15. The number of fused-ring (bicyclic) bond motifs is 3. The minimum absolute atomic E-state index is 0.125. The van der Waals surface area contributed by atoms with Crippen LogP contribution in [0.3, 0.4) is 0 Å². The Morgan fingerprint density at radius 2 is 1.73 bits per heavy atom. The summed E-state index contributed by atoms with van der Waals surface area (Å²) in [7, 11) is 5.42. The summed E-state index contributed by atoms with van der Waals surface area (Å²) in [6.45, 7) is 1.70. The molecule has 0 atom stereocenters. The monoisotopic (exact) mass is 546 g/mol. The van der Waals surface area contributed by atoms with Crippen molar-refractivity contribution < 1.29 is 9.63 Å². The van der Waals surface area contributed by atoms with Gasteiger partial charge in [0, 0.05) is 60.9 Å². The molecule has 6 heterocycles. The highest BCUT2D eigenvalue weighted by Crippen LogP contribution is 2.40. The van der Waals surface area contributed by atoms with Gasteiger partial charge in [-0.3, -0.25) is 14.2 Å². The van der Waals surface area contributed by atoms with Crippen LogP contribution in [0.15, 0.2) is 70.5 Å². The van der Waals surface area contributed by atoms with Crippen LogP contribution in [-0.2, 0) is 27.7 Å². The fourth-order valence-electron chi connectivity index (χ4n) is 5.51. The van der Waals surface area contributed by atoms with Gasteiger partial charge in [0.15, 0.2) is 5.76 Å². The van der Waals surface area contributed by atoms with Gasteiger partial charge in [0.05, 0.1) is 53.4 Å². The number of nitrogens with one attached hydrogen (secondary N) is 1. The molecule has 0 amide bonds. The van der Waals surface area contributed by atoms with E-state index in [1.165, 1.54) is 0 Å². The van der Waals surface area contributed by atoms with Gasteiger partial charge >= 0.3 is 0 Å². The fourth-order valence-corrected chi connectivity index (χ4v) is 5.51. The maximum Gasteiger partial charge on any atom is 0.262 e. The smallest absolute Gasteiger partial charge is 0.262 e. The van der Waals surface area contributed by atoms with E-state index in [1.54, 1.807) is 52.7 Å². The van der Waals surface area contributed by atoms with Crippen LogP contribution in [0.25, 0.3) is 66.8 Å². The van der Waals surface area contributed by atoms with Crippen LogP contribution in [0.5, 0.6) is 0 Å². The Kier molecular flexibility index (Phi) is 5.51. The van der Waals surface area contributed by atoms with E-state index in [9.17, 15) is 9.90 Å². The molecule has 0 aliphatic carbocycles. The molecule has 0 bridgehead atoms. The molecule has 41 heavy (non-hydrogen) atoms. The van der Waals surface area contributed by atoms with Crippen molar-refractivity contribution in [2.24, 2.45) is 21.1 Å². The minimum atomic E-state index is -0.216. The molecule has 204 valence electrons. The number of benzene rings is 1. The summed E-state index contributed by atoms with van der Waals surface area (Å²) in [6, 6.07) is 11.7. The molecule has 6 aromatic heterocycles. The third kappa shape index (κ3) is 3.81. The van der Waals surface area contributed by atoms with Crippen molar-refractivity contribution in [2.45, 2.75) is 13.5 Å². The number of rotatable bonds is 5. The molecule has 1 aromatic carbocycles. The lowest BCUT2D eigenvalue weighted by Gasteiger charge is -2.16. The molecule has 7 aromatic rings. The lowest BCUT2D eigenvalue weighted by Crippen LogP contribution is -2.20. The van der Waals surface area contributed by atoms with Crippen LogP contribution in [-0.4, -0.2) is 44.4 Å². The zero-order valence-corrected chi connectivity index (χ0v) is 22.9. The Labute approximate surface area is 233 Å². The summed E-state index contributed by atoms with van der Waals surface area (Å²) in [5, 5.41) is 24.3. The largest absolute Gasteiger partial charge is 0.390 e. The second-order valence-corrected chi connectivity index (χ2v) is 10.2. The van der Waals surface area contributed by atoms with Gasteiger partial charge in [-0.15, -0.1) is 0 Å². The molecule has 0 fully saturated rings. The van der Waals surface area contributed by atoms with E-state index in [0.717, 1.165) is 50.0 Å². The first-order valence-electron chi connectivity index (χ1n) is 13.0. The van der Waals surface area contributed by atoms with Crippen molar-refractivity contribution >= 4 is 21.9 Å². The zero-order chi connectivity index (χ0) is 28.4. The van der Waals surface area contributed by atoms with E-state index in [-0.39, 0.29) is 12.2 Å². The summed E-state index contributed by atoms with van der Waals surface area (Å²) in [5.41, 5.74) is 8.08. The maximum absolute atomic E-state index is 13.9. The molecular weight excluding hydrogens is 520 g/mol. The number of hydrogen-bond donors (Lipinski definition) is 2. The summed E-state index contributed by atoms with van der Waals surface area (Å²) >= 11 is 0. The molecular formula is C30H26N8O3. The summed E-state index contributed by atoms with van der Waals surface area (Å²) in [4.78, 5) is 22.0. The predicted molar refractivity (Wildman–Crippen MR) is 155 cm³/mol. The molecule has 0 aliphatic rings. The third-order valence-corrected chi connectivity index (χ3v) is 7.60. The first-order valence-corrected chi connectivity index (χ1v) is 13.0. The van der Waals surface area contributed by atoms with Gasteiger partial charge < -0.3 is 19.2 Å². The minimum Gasteiger partial charge on any atom is -0.390 e. The van der Waals surface area contributed by atoms with Gasteiger partial charge in [-0.2, -0.15) is 10.2 Å². The second-order valence-electron chi connectivity index (χ2n) is 10.2. The molecule has 0 aliphatic heterocycles. The number of aliphatic hydroxyl groups is 1. The fraction of sp³-hybridized carbons (Fsp3) is 0.167. The normalized spacial score (nSPS) is 11.7. The average molecular weight is 547 g/mol. The van der Waals surface area contributed by atoms with Crippen LogP contribution in [0.1, 0.15) is 11.4 Å². The molecule has 0 radical (unpaired) electrons. The lowest BCUT2D eigenvalue weighted by atomic mass is 9.92. The Hall–Kier alpha value is -5.29. The van der Waals surface area contributed by atoms with E-state index in [1.807, 2.05) is 50.5 Å². The third-order valence-electron chi connectivity index (χ3n) is 7.60. The molecule has 11 heteroatoms. The molecule has 0 unspecified atom stereocenters. The highest BCUT2D eigenvalue weighted by atomic mass is 16.5. The topological polar surface area (TPSA) is 133 Å². The summed E-state index contributed by atoms with van der Waals surface area (Å²) in [5.74, 6) is 0.395. The highest BCUT2D eigenvalue weighted by Gasteiger charge is 2.24. The molecule has 0 saturated heterocycles. The van der Waals surface area contributed by atoms with Crippen molar-refractivity contribution in [3.8, 4) is 44.8 Å². The predicted octanol–water partition coefficient (Wildman–Crippen LogP) is 4.34. The van der Waals surface area contributed by atoms with Crippen LogP contribution in [0.2, 0.25) is 0 Å². The van der Waals surface area contributed by atoms with Crippen LogP contribution < -0.4 is 5.56 Å². The number of pyridine rings is 2. The molecule has 11 nitrogen and oxygen atoms in total. The Bertz CT molecular complexity index is 2160. The Morgan fingerprint density at radius 1 is 0.951 bits per heavy atom. The lowest BCUT2D eigenvalue weighted by molar-refractivity contribution is 0.271. The number of hydrogen-bond acceptors (Lipinski definition) is 7. The Morgan fingerprint density at radius 3 is 2.41 bits per heavy atom. The van der Waals surface area contributed by atoms with Gasteiger partial charge in [-0.1, -0.05) is 29.4 Å². The van der Waals surface area contributed by atoms with Gasteiger partial charge in [-0.25, -0.2) is 4.98 Å². The van der Waals surface area contributed by atoms with Crippen molar-refractivity contribution in [2.75, 3.05) is 0 Å². The summed E-state index contributed by atoms with van der Waals surface area (Å²) in [6.07, 6.45) is 7.19. The van der Waals surface area contributed by atoms with Crippen molar-refractivity contribution in [1.82, 2.24) is 39.3 Å². The number of aliphatic hydroxyl groups excluding tert-OH is 1. The number of H-pyrrole nitrogens is 1. The molecule has 7 rings (SSSR count). The van der Waals surface area contributed by atoms with E-state index in [0.29, 0.717) is 28.2 Å². The first-order chi connectivity index (χ1) is 19.8. The first kappa shape index (κ1) is 24.7. The number of aromatic nitrogens is 8. The standard InChI is InChI=1S/C30H26N8O3/c1-16-9-25(41-35-16)28-26(18-7-5-17(6-8-18)21-12-33-38(4)24(21)15-39)27-20-10-22(19-11-32-36(2)14-19)34-29(20)31-13-23(27)37(3)30(28)40/h5-14,39H,15H2,1-4H3,(H,31,34). The van der Waals surface area contributed by atoms with Crippen LogP contribution in [0.4, 0.5) is 0 Å². The van der Waals surface area contributed by atoms with Gasteiger partial charge in [0.2, 0.25) is 0 Å². The molecule has 0 saturated carbocycles. The van der Waals surface area contributed by atoms with Gasteiger partial charge in [-0.05, 0) is 24.1 Å². The van der Waals surface area contributed by atoms with E-state index < -0.39 is 0 Å². The van der Waals surface area contributed by atoms with Crippen molar-refractivity contribution in [3.63, 3.8) is 0 Å². The van der Waals surface area contributed by atoms with Gasteiger partial charge in [0.25, 0.3) is 5.56 Å². The number of aromatic amines is 1. The number of aryl methyl sites for hydroxylation is 4. The van der Waals surface area contributed by atoms with Gasteiger partial charge in [0.1, 0.15) is 5.65 Å². The zero-order valence-electron chi connectivity index (χ0n) is 22.9. The van der Waals surface area contributed by atoms with Crippen molar-refractivity contribution in [3.05, 3.63) is 82.9 Å². The SMILES string of the molecule is Cc1cc(-c2c(-c3ccc(-c4cnn(C)c4CO)cc3)c3c4cc(-c5cnn(C)c5)[nH]c4ncc3n(C)c2=O)on1. The quantitative estimate of drug-likeness (QED) is 0.328.